The third-order valence-corrected chi connectivity index (χ3v) is 4.94. The highest BCUT2D eigenvalue weighted by Crippen LogP contribution is 2.26. The molecule has 0 radical (unpaired) electrons. The summed E-state index contributed by atoms with van der Waals surface area (Å²) in [6.45, 7) is 4.99. The molecule has 0 aliphatic heterocycles. The summed E-state index contributed by atoms with van der Waals surface area (Å²) in [6, 6.07) is 18.2. The molecule has 3 amide bonds. The number of carbonyl (C=O) groups excluding carboxylic acids is 2. The van der Waals surface area contributed by atoms with Crippen LogP contribution in [-0.2, 0) is 6.54 Å². The van der Waals surface area contributed by atoms with E-state index >= 15 is 0 Å². The van der Waals surface area contributed by atoms with E-state index in [1.807, 2.05) is 44.2 Å². The number of carbonyl (C=O) groups is 2. The van der Waals surface area contributed by atoms with Gasteiger partial charge in [0.1, 0.15) is 0 Å². The van der Waals surface area contributed by atoms with Gasteiger partial charge in [-0.25, -0.2) is 14.5 Å². The summed E-state index contributed by atoms with van der Waals surface area (Å²) < 4.78 is 1.77. The summed E-state index contributed by atoms with van der Waals surface area (Å²) in [5.41, 5.74) is 3.91. The first-order valence-electron chi connectivity index (χ1n) is 10.5. The lowest BCUT2D eigenvalue weighted by Gasteiger charge is -2.11. The largest absolute Gasteiger partial charge is 0.338 e. The van der Waals surface area contributed by atoms with E-state index in [0.717, 1.165) is 5.56 Å². The molecule has 0 bridgehead atoms. The summed E-state index contributed by atoms with van der Waals surface area (Å²) in [7, 11) is 0. The van der Waals surface area contributed by atoms with Crippen LogP contribution < -0.4 is 16.0 Å². The van der Waals surface area contributed by atoms with Gasteiger partial charge in [-0.15, -0.1) is 0 Å². The number of nitrogens with zero attached hydrogens (tertiary/aromatic N) is 3. The third kappa shape index (κ3) is 4.44. The Bertz CT molecular complexity index is 1270. The SMILES string of the molecule is CCNC(=O)Nc1cccc(NC(=O)c2cc(-c3ccccc3)nc3c2cnn3CC)c1. The molecule has 4 rings (SSSR count). The van der Waals surface area contributed by atoms with Crippen LogP contribution in [0.1, 0.15) is 24.2 Å². The van der Waals surface area contributed by atoms with E-state index in [1.165, 1.54) is 0 Å². The summed E-state index contributed by atoms with van der Waals surface area (Å²) in [5, 5.41) is 13.4. The molecule has 0 aliphatic carbocycles. The molecule has 2 aromatic heterocycles. The fourth-order valence-corrected chi connectivity index (χ4v) is 3.43. The molecular weight excluding hydrogens is 404 g/mol. The number of hydrogen-bond donors (Lipinski definition) is 3. The van der Waals surface area contributed by atoms with Gasteiger partial charge < -0.3 is 16.0 Å². The zero-order valence-corrected chi connectivity index (χ0v) is 17.9. The van der Waals surface area contributed by atoms with Crippen LogP contribution in [0.5, 0.6) is 0 Å². The number of benzene rings is 2. The highest BCUT2D eigenvalue weighted by Gasteiger charge is 2.17. The fourth-order valence-electron chi connectivity index (χ4n) is 3.43. The van der Waals surface area contributed by atoms with E-state index in [0.29, 0.717) is 46.8 Å². The molecule has 8 nitrogen and oxygen atoms in total. The lowest BCUT2D eigenvalue weighted by molar-refractivity contribution is 0.102. The molecule has 3 N–H and O–H groups in total. The Labute approximate surface area is 185 Å². The van der Waals surface area contributed by atoms with Gasteiger partial charge in [-0.05, 0) is 38.1 Å². The maximum absolute atomic E-state index is 13.3. The summed E-state index contributed by atoms with van der Waals surface area (Å²) in [6.07, 6.45) is 1.67. The van der Waals surface area contributed by atoms with Gasteiger partial charge in [0.25, 0.3) is 5.91 Å². The molecule has 0 atom stereocenters. The van der Waals surface area contributed by atoms with Crippen molar-refractivity contribution < 1.29 is 9.59 Å². The number of fused-ring (bicyclic) bond motifs is 1. The second-order valence-electron chi connectivity index (χ2n) is 7.14. The Morgan fingerprint density at radius 3 is 2.41 bits per heavy atom. The Hall–Kier alpha value is -4.20. The van der Waals surface area contributed by atoms with Crippen LogP contribution in [0.4, 0.5) is 16.2 Å². The van der Waals surface area contributed by atoms with E-state index in [2.05, 4.69) is 21.0 Å². The van der Waals surface area contributed by atoms with Crippen LogP contribution in [0.3, 0.4) is 0 Å². The number of hydrogen-bond acceptors (Lipinski definition) is 4. The molecular formula is C24H24N6O2. The molecule has 8 heteroatoms. The first-order chi connectivity index (χ1) is 15.6. The van der Waals surface area contributed by atoms with Crippen LogP contribution in [0.25, 0.3) is 22.3 Å². The standard InChI is InChI=1S/C24H24N6O2/c1-3-25-24(32)28-18-12-8-11-17(13-18)27-23(31)19-14-21(16-9-6-5-7-10-16)29-22-20(19)15-26-30(22)4-2/h5-15H,3-4H2,1-2H3,(H,27,31)(H2,25,28,32). The van der Waals surface area contributed by atoms with E-state index in [-0.39, 0.29) is 11.9 Å². The Morgan fingerprint density at radius 1 is 0.938 bits per heavy atom. The number of aromatic nitrogens is 3. The monoisotopic (exact) mass is 428 g/mol. The van der Waals surface area contributed by atoms with Crippen molar-refractivity contribution in [2.24, 2.45) is 0 Å². The number of aryl methyl sites for hydroxylation is 1. The molecule has 0 fully saturated rings. The smallest absolute Gasteiger partial charge is 0.319 e. The van der Waals surface area contributed by atoms with Crippen LogP contribution >= 0.6 is 0 Å². The molecule has 0 spiro atoms. The molecule has 0 saturated carbocycles. The molecule has 4 aromatic rings. The molecule has 2 aromatic carbocycles. The van der Waals surface area contributed by atoms with Gasteiger partial charge in [0.15, 0.2) is 5.65 Å². The number of nitrogens with one attached hydrogen (secondary N) is 3. The van der Waals surface area contributed by atoms with Crippen molar-refractivity contribution in [3.05, 3.63) is 72.4 Å². The zero-order chi connectivity index (χ0) is 22.5. The summed E-state index contributed by atoms with van der Waals surface area (Å²) in [4.78, 5) is 29.8. The molecule has 0 saturated heterocycles. The van der Waals surface area contributed by atoms with Gasteiger partial charge >= 0.3 is 6.03 Å². The summed E-state index contributed by atoms with van der Waals surface area (Å²) >= 11 is 0. The highest BCUT2D eigenvalue weighted by atomic mass is 16.2. The van der Waals surface area contributed by atoms with Crippen molar-refractivity contribution in [1.82, 2.24) is 20.1 Å². The molecule has 0 unspecified atom stereocenters. The van der Waals surface area contributed by atoms with Crippen molar-refractivity contribution in [1.29, 1.82) is 0 Å². The van der Waals surface area contributed by atoms with E-state index < -0.39 is 0 Å². The van der Waals surface area contributed by atoms with Crippen LogP contribution in [0.15, 0.2) is 66.9 Å². The van der Waals surface area contributed by atoms with Gasteiger partial charge in [-0.3, -0.25) is 4.79 Å². The number of amides is 3. The first kappa shape index (κ1) is 21.0. The van der Waals surface area contributed by atoms with Crippen LogP contribution in [-0.4, -0.2) is 33.2 Å². The van der Waals surface area contributed by atoms with Crippen molar-refractivity contribution in [3.63, 3.8) is 0 Å². The van der Waals surface area contributed by atoms with Gasteiger partial charge in [0, 0.05) is 30.0 Å². The molecule has 162 valence electrons. The van der Waals surface area contributed by atoms with Crippen molar-refractivity contribution >= 4 is 34.3 Å². The first-order valence-corrected chi connectivity index (χ1v) is 10.5. The number of pyridine rings is 1. The second-order valence-corrected chi connectivity index (χ2v) is 7.14. The average molecular weight is 428 g/mol. The normalized spacial score (nSPS) is 10.7. The Morgan fingerprint density at radius 2 is 1.69 bits per heavy atom. The van der Waals surface area contributed by atoms with Gasteiger partial charge in [-0.2, -0.15) is 5.10 Å². The predicted octanol–water partition coefficient (Wildman–Crippen LogP) is 4.51. The summed E-state index contributed by atoms with van der Waals surface area (Å²) in [5.74, 6) is -0.277. The lowest BCUT2D eigenvalue weighted by Crippen LogP contribution is -2.28. The van der Waals surface area contributed by atoms with E-state index in [9.17, 15) is 9.59 Å². The second kappa shape index (κ2) is 9.30. The minimum absolute atomic E-state index is 0.277. The Balaban J connectivity index is 1.68. The van der Waals surface area contributed by atoms with Crippen molar-refractivity contribution in [3.8, 4) is 11.3 Å². The number of urea groups is 1. The molecule has 0 aliphatic rings. The zero-order valence-electron chi connectivity index (χ0n) is 17.9. The fraction of sp³-hybridized carbons (Fsp3) is 0.167. The highest BCUT2D eigenvalue weighted by molar-refractivity contribution is 6.12. The topological polar surface area (TPSA) is 101 Å². The number of anilines is 2. The molecule has 32 heavy (non-hydrogen) atoms. The van der Waals surface area contributed by atoms with E-state index in [1.54, 1.807) is 41.2 Å². The minimum Gasteiger partial charge on any atom is -0.338 e. The van der Waals surface area contributed by atoms with Crippen molar-refractivity contribution in [2.45, 2.75) is 20.4 Å². The van der Waals surface area contributed by atoms with Crippen molar-refractivity contribution in [2.75, 3.05) is 17.2 Å². The maximum Gasteiger partial charge on any atom is 0.319 e. The van der Waals surface area contributed by atoms with Gasteiger partial charge in [0.05, 0.1) is 22.8 Å². The average Bonchev–Trinajstić information content (AvgIpc) is 3.22. The van der Waals surface area contributed by atoms with E-state index in [4.69, 9.17) is 4.98 Å². The number of rotatable bonds is 6. The lowest BCUT2D eigenvalue weighted by atomic mass is 10.1. The Kier molecular flexibility index (Phi) is 6.12. The van der Waals surface area contributed by atoms with Gasteiger partial charge in [-0.1, -0.05) is 36.4 Å². The maximum atomic E-state index is 13.3. The third-order valence-electron chi connectivity index (χ3n) is 4.94. The quantitative estimate of drug-likeness (QED) is 0.420. The predicted molar refractivity (Wildman–Crippen MR) is 126 cm³/mol. The van der Waals surface area contributed by atoms with Gasteiger partial charge in [0.2, 0.25) is 0 Å². The molecule has 2 heterocycles. The minimum atomic E-state index is -0.300. The van der Waals surface area contributed by atoms with Crippen LogP contribution in [0.2, 0.25) is 0 Å². The van der Waals surface area contributed by atoms with Crippen LogP contribution in [0, 0.1) is 0 Å².